The van der Waals surface area contributed by atoms with Crippen LogP contribution in [0.4, 0.5) is 13.2 Å². The molecule has 11 heteroatoms. The van der Waals surface area contributed by atoms with Crippen LogP contribution >= 0.6 is 46.4 Å². The van der Waals surface area contributed by atoms with Gasteiger partial charge >= 0.3 is 12.1 Å². The number of halogens is 6. The maximum absolute atomic E-state index is 14.1. The van der Waals surface area contributed by atoms with Crippen molar-refractivity contribution in [3.8, 4) is 0 Å². The first-order chi connectivity index (χ1) is 13.2. The molecular weight excluding hydrogens is 450 g/mol. The van der Waals surface area contributed by atoms with Crippen molar-refractivity contribution in [2.24, 2.45) is 5.16 Å². The molecule has 1 aromatic rings. The summed E-state index contributed by atoms with van der Waals surface area (Å²) in [5.74, 6) is -1.48. The number of allylic oxidation sites excluding steroid dienone is 3. The van der Waals surface area contributed by atoms with Gasteiger partial charge in [0, 0.05) is 10.5 Å². The van der Waals surface area contributed by atoms with E-state index in [1.54, 1.807) is 0 Å². The van der Waals surface area contributed by atoms with E-state index in [1.165, 1.54) is 13.0 Å². The van der Waals surface area contributed by atoms with E-state index in [1.807, 2.05) is 0 Å². The molecule has 0 amide bonds. The second-order valence-electron chi connectivity index (χ2n) is 5.81. The van der Waals surface area contributed by atoms with Gasteiger partial charge in [-0.05, 0) is 30.7 Å². The average Bonchev–Trinajstić information content (AvgIpc) is 3.11. The van der Waals surface area contributed by atoms with E-state index in [4.69, 9.17) is 41.9 Å². The molecule has 0 fully saturated rings. The number of carbonyl (C=O) groups is 1. The second kappa shape index (κ2) is 6.92. The van der Waals surface area contributed by atoms with Crippen LogP contribution in [0.15, 0.2) is 38.7 Å². The fourth-order valence-corrected chi connectivity index (χ4v) is 4.25. The van der Waals surface area contributed by atoms with E-state index < -0.39 is 46.2 Å². The van der Waals surface area contributed by atoms with Gasteiger partial charge in [-0.15, -0.1) is 0 Å². The Morgan fingerprint density at radius 3 is 2.44 bits per heavy atom. The summed E-state index contributed by atoms with van der Waals surface area (Å²) >= 11 is 14.0. The number of hydrogen-bond donors (Lipinski definition) is 1. The van der Waals surface area contributed by atoms with E-state index in [-0.39, 0.29) is 31.3 Å². The first-order valence-electron chi connectivity index (χ1n) is 8.09. The van der Waals surface area contributed by atoms with Crippen LogP contribution < -0.4 is 0 Å². The summed E-state index contributed by atoms with van der Waals surface area (Å²) in [7, 11) is 0. The van der Waals surface area contributed by atoms with Gasteiger partial charge in [-0.25, -0.2) is 16.4 Å². The van der Waals surface area contributed by atoms with Gasteiger partial charge < -0.3 is 9.94 Å². The van der Waals surface area contributed by atoms with Gasteiger partial charge in [-0.1, -0.05) is 40.0 Å². The zero-order valence-electron chi connectivity index (χ0n) is 15.3. The Balaban J connectivity index is 2.06. The van der Waals surface area contributed by atoms with Crippen LogP contribution in [0.3, 0.4) is 0 Å². The van der Waals surface area contributed by atoms with E-state index in [9.17, 15) is 23.1 Å². The summed E-state index contributed by atoms with van der Waals surface area (Å²) in [6, 6.07) is 1.91. The molecule has 27 heavy (non-hydrogen) atoms. The van der Waals surface area contributed by atoms with Crippen molar-refractivity contribution in [3.05, 3.63) is 54.2 Å². The molecule has 2 aliphatic rings. The lowest BCUT2D eigenvalue weighted by Crippen LogP contribution is -2.42. The molecule has 4 nitrogen and oxygen atoms in total. The topological polar surface area (TPSA) is 58.9 Å². The molecule has 1 N–H and O–H groups in total. The maximum Gasteiger partial charge on any atom is 0.435 e. The van der Waals surface area contributed by atoms with Gasteiger partial charge in [0.25, 0.3) is 5.60 Å². The van der Waals surface area contributed by atoms with Crippen LogP contribution in [-0.2, 0) is 15.2 Å². The Bertz CT molecular complexity index is 1000. The highest BCUT2D eigenvalue weighted by Crippen LogP contribution is 2.52. The van der Waals surface area contributed by atoms with Crippen LogP contribution in [0, 0.1) is 0 Å². The molecule has 0 saturated heterocycles. The third-order valence-electron chi connectivity index (χ3n) is 4.03. The smallest absolute Gasteiger partial charge is 0.435 e. The highest BCUT2D eigenvalue weighted by Gasteiger charge is 2.62. The molecule has 0 aromatic heterocycles. The number of carboxylic acids is 1. The van der Waals surface area contributed by atoms with Gasteiger partial charge in [0.1, 0.15) is 0 Å². The zero-order valence-corrected chi connectivity index (χ0v) is 16.4. The number of rotatable bonds is 3. The van der Waals surface area contributed by atoms with Crippen molar-refractivity contribution >= 4 is 58.1 Å². The number of hydrogen-bond acceptors (Lipinski definition) is 3. The minimum absolute atomic E-state index is 0.109. The van der Waals surface area contributed by atoms with E-state index in [0.717, 1.165) is 12.1 Å². The Hall–Kier alpha value is -1.35. The van der Waals surface area contributed by atoms with Crippen LogP contribution in [0.25, 0.3) is 0 Å². The molecule has 0 unspecified atom stereocenters. The van der Waals surface area contributed by atoms with Crippen LogP contribution in [0.1, 0.15) is 18.9 Å². The van der Waals surface area contributed by atoms with Crippen LogP contribution in [0.2, 0.25) is 15.1 Å². The van der Waals surface area contributed by atoms with Gasteiger partial charge in [-0.2, -0.15) is 13.2 Å². The summed E-state index contributed by atoms with van der Waals surface area (Å²) in [5.41, 5.74) is -3.66. The number of oxime groups is 1. The van der Waals surface area contributed by atoms with Crippen LogP contribution in [0.5, 0.6) is 0 Å². The van der Waals surface area contributed by atoms with E-state index in [2.05, 4.69) is 5.16 Å². The quantitative estimate of drug-likeness (QED) is 0.592. The molecule has 1 atom stereocenters. The number of alkyl halides is 3. The molecule has 0 aliphatic carbocycles. The Morgan fingerprint density at radius 1 is 1.37 bits per heavy atom. The van der Waals surface area contributed by atoms with E-state index >= 15 is 0 Å². The molecule has 1 aromatic carbocycles. The Kier molecular flexibility index (Phi) is 4.54. The number of aliphatic carboxylic acids is 1. The summed E-state index contributed by atoms with van der Waals surface area (Å²) in [5, 5.41) is 12.2. The average molecular weight is 463 g/mol. The predicted molar refractivity (Wildman–Crippen MR) is 101 cm³/mol. The summed E-state index contributed by atoms with van der Waals surface area (Å²) in [6.45, 7) is 1.37. The van der Waals surface area contributed by atoms with Gasteiger partial charge in [-0.3, -0.25) is 0 Å². The highest BCUT2D eigenvalue weighted by atomic mass is 35.5. The van der Waals surface area contributed by atoms with Crippen LogP contribution in [-0.4, -0.2) is 25.2 Å². The highest BCUT2D eigenvalue weighted by molar-refractivity contribution is 8.08. The predicted octanol–water partition coefficient (Wildman–Crippen LogP) is 5.63. The second-order valence-corrected chi connectivity index (χ2v) is 8.06. The van der Waals surface area contributed by atoms with Gasteiger partial charge in [0.15, 0.2) is 0 Å². The number of benzene rings is 1. The molecule has 2 aliphatic heterocycles. The fraction of sp³-hybridized carbons (Fsp3) is 0.250. The SMILES string of the molecule is [2H]S1([2H])C(C2=NO[C@@](c3cc(Cl)c(Cl)c(Cl)c3)(C(F)(F)F)C2)=CC(C)=C1C(=O)O. The molecular formula is C16H11Cl3F3NO3S. The molecule has 0 spiro atoms. The van der Waals surface area contributed by atoms with Crippen molar-refractivity contribution in [1.82, 2.24) is 0 Å². The first-order valence-corrected chi connectivity index (χ1v) is 9.22. The van der Waals surface area contributed by atoms with Crippen molar-refractivity contribution in [1.29, 1.82) is 2.25 Å². The number of nitrogens with zero attached hydrogens (tertiary/aromatic N) is 1. The summed E-state index contributed by atoms with van der Waals surface area (Å²) in [6.07, 6.45) is -4.67. The lowest BCUT2D eigenvalue weighted by Gasteiger charge is -2.30. The van der Waals surface area contributed by atoms with Crippen molar-refractivity contribution in [3.63, 3.8) is 0 Å². The number of carboxylic acid groups (broad SMARTS) is 1. The van der Waals surface area contributed by atoms with Crippen molar-refractivity contribution in [2.75, 3.05) is 0 Å². The maximum atomic E-state index is 14.1. The van der Waals surface area contributed by atoms with Gasteiger partial charge in [0.05, 0.1) is 34.4 Å². The minimum Gasteiger partial charge on any atom is -0.477 e. The fourth-order valence-electron chi connectivity index (χ4n) is 2.66. The third kappa shape index (κ3) is 3.44. The molecule has 0 bridgehead atoms. The van der Waals surface area contributed by atoms with Gasteiger partial charge in [0.2, 0.25) is 0 Å². The third-order valence-corrected chi connectivity index (χ3v) is 6.50. The lowest BCUT2D eigenvalue weighted by molar-refractivity contribution is -0.275. The largest absolute Gasteiger partial charge is 0.477 e. The lowest BCUT2D eigenvalue weighted by atomic mass is 9.88. The Morgan fingerprint density at radius 2 is 1.96 bits per heavy atom. The first kappa shape index (κ1) is 17.7. The van der Waals surface area contributed by atoms with E-state index in [0.29, 0.717) is 0 Å². The summed E-state index contributed by atoms with van der Waals surface area (Å²) in [4.78, 5) is 15.5. The summed E-state index contributed by atoms with van der Waals surface area (Å²) < 4.78 is 58.6. The monoisotopic (exact) mass is 461 g/mol. The molecule has 0 radical (unpaired) electrons. The normalized spacial score (nSPS) is 26.8. The van der Waals surface area contributed by atoms with Crippen molar-refractivity contribution < 1.29 is 27.9 Å². The molecule has 2 heterocycles. The standard InChI is InChI=1S/C16H11Cl3F3NO3S/c1-6-2-11(27-13(6)14(24)25)10-5-15(26-23-10,16(20,21)22)7-3-8(17)12(19)9(18)4-7/h2-4H,5,27H2,1H3,(H,24,25)/t15-/m0/s1/i27D2. The molecule has 3 rings (SSSR count). The zero-order chi connectivity index (χ0) is 21.9. The Labute approximate surface area is 172 Å². The van der Waals surface area contributed by atoms with Crippen molar-refractivity contribution in [2.45, 2.75) is 25.1 Å². The minimum atomic E-state index is -4.97. The molecule has 146 valence electrons. The molecule has 0 saturated carbocycles.